The second-order valence-corrected chi connectivity index (χ2v) is 4.38. The summed E-state index contributed by atoms with van der Waals surface area (Å²) in [5.74, 6) is -1.25. The highest BCUT2D eigenvalue weighted by Gasteiger charge is 2.36. The van der Waals surface area contributed by atoms with Crippen LogP contribution in [0.4, 0.5) is 13.2 Å². The summed E-state index contributed by atoms with van der Waals surface area (Å²) in [5, 5.41) is 0. The van der Waals surface area contributed by atoms with E-state index < -0.39 is 18.0 Å². The third-order valence-electron chi connectivity index (χ3n) is 3.09. The minimum Gasteiger partial charge on any atom is -0.405 e. The Morgan fingerprint density at radius 2 is 2.05 bits per heavy atom. The highest BCUT2D eigenvalue weighted by Crippen LogP contribution is 2.31. The predicted molar refractivity (Wildman–Crippen MR) is 61.0 cm³/mol. The van der Waals surface area contributed by atoms with E-state index in [-0.39, 0.29) is 17.5 Å². The van der Waals surface area contributed by atoms with E-state index in [0.29, 0.717) is 13.0 Å². The van der Waals surface area contributed by atoms with E-state index in [0.717, 1.165) is 6.07 Å². The van der Waals surface area contributed by atoms with E-state index >= 15 is 0 Å². The third-order valence-corrected chi connectivity index (χ3v) is 3.09. The van der Waals surface area contributed by atoms with Crippen LogP contribution in [0.1, 0.15) is 23.7 Å². The van der Waals surface area contributed by atoms with Crippen LogP contribution in [-0.2, 0) is 4.74 Å². The van der Waals surface area contributed by atoms with Gasteiger partial charge in [-0.3, -0.25) is 4.79 Å². The Kier molecular flexibility index (Phi) is 3.80. The minimum absolute atomic E-state index is 0.0535. The number of alkyl halides is 3. The van der Waals surface area contributed by atoms with Crippen LogP contribution in [0.15, 0.2) is 24.3 Å². The molecule has 104 valence electrons. The fraction of sp³-hybridized carbons (Fsp3) is 0.462. The van der Waals surface area contributed by atoms with Gasteiger partial charge in [-0.15, -0.1) is 13.2 Å². The number of halogens is 3. The summed E-state index contributed by atoms with van der Waals surface area (Å²) < 4.78 is 46.0. The van der Waals surface area contributed by atoms with Crippen LogP contribution in [0.3, 0.4) is 0 Å². The van der Waals surface area contributed by atoms with Crippen molar-refractivity contribution in [1.82, 2.24) is 0 Å². The smallest absolute Gasteiger partial charge is 0.405 e. The summed E-state index contributed by atoms with van der Waals surface area (Å²) >= 11 is 0. The zero-order valence-corrected chi connectivity index (χ0v) is 10.2. The highest BCUT2D eigenvalue weighted by molar-refractivity contribution is 6.00. The van der Waals surface area contributed by atoms with Crippen molar-refractivity contribution in [3.05, 3.63) is 29.8 Å². The quantitative estimate of drug-likeness (QED) is 0.794. The minimum atomic E-state index is -4.81. The van der Waals surface area contributed by atoms with Crippen LogP contribution >= 0.6 is 0 Å². The van der Waals surface area contributed by atoms with Gasteiger partial charge in [-0.05, 0) is 25.5 Å². The molecule has 0 aliphatic carbocycles. The molecule has 0 saturated carbocycles. The van der Waals surface area contributed by atoms with Gasteiger partial charge in [0, 0.05) is 6.61 Å². The van der Waals surface area contributed by atoms with Crippen LogP contribution in [0.2, 0.25) is 0 Å². The van der Waals surface area contributed by atoms with E-state index in [9.17, 15) is 18.0 Å². The molecule has 1 fully saturated rings. The number of Topliss-reactive ketones (excluding diaryl/α,β-unsaturated/α-hetero) is 1. The molecule has 2 rings (SSSR count). The van der Waals surface area contributed by atoms with E-state index in [1.807, 2.05) is 0 Å². The average Bonchev–Trinajstić information content (AvgIpc) is 2.73. The van der Waals surface area contributed by atoms with Gasteiger partial charge in [-0.25, -0.2) is 0 Å². The van der Waals surface area contributed by atoms with Gasteiger partial charge in [0.05, 0.1) is 17.6 Å². The SMILES string of the molecule is CC1OCCC1C(=O)c1ccccc1OC(F)(F)F. The summed E-state index contributed by atoms with van der Waals surface area (Å²) in [6, 6.07) is 5.39. The lowest BCUT2D eigenvalue weighted by Gasteiger charge is -2.16. The lowest BCUT2D eigenvalue weighted by molar-refractivity contribution is -0.274. The maximum atomic E-state index is 12.3. The average molecular weight is 274 g/mol. The Balaban J connectivity index is 2.26. The Morgan fingerprint density at radius 3 is 2.63 bits per heavy atom. The normalized spacial score (nSPS) is 23.4. The topological polar surface area (TPSA) is 35.5 Å². The molecule has 2 unspecified atom stereocenters. The predicted octanol–water partition coefficient (Wildman–Crippen LogP) is 3.19. The molecule has 6 heteroatoms. The fourth-order valence-corrected chi connectivity index (χ4v) is 2.16. The van der Waals surface area contributed by atoms with Gasteiger partial charge < -0.3 is 9.47 Å². The summed E-state index contributed by atoms with van der Waals surface area (Å²) in [7, 11) is 0. The lowest BCUT2D eigenvalue weighted by atomic mass is 9.92. The molecule has 1 aliphatic heterocycles. The van der Waals surface area contributed by atoms with Gasteiger partial charge in [-0.2, -0.15) is 0 Å². The molecule has 0 spiro atoms. The molecule has 2 atom stereocenters. The number of rotatable bonds is 3. The molecule has 19 heavy (non-hydrogen) atoms. The summed E-state index contributed by atoms with van der Waals surface area (Å²) in [4.78, 5) is 12.2. The highest BCUT2D eigenvalue weighted by atomic mass is 19.4. The van der Waals surface area contributed by atoms with E-state index in [2.05, 4.69) is 4.74 Å². The first kappa shape index (κ1) is 13.9. The number of hydrogen-bond donors (Lipinski definition) is 0. The van der Waals surface area contributed by atoms with Gasteiger partial charge in [-0.1, -0.05) is 12.1 Å². The molecule has 0 radical (unpaired) electrons. The standard InChI is InChI=1S/C13H13F3O3/c1-8-9(6-7-18-8)12(17)10-4-2-3-5-11(10)19-13(14,15)16/h2-5,8-9H,6-7H2,1H3. The molecule has 1 aliphatic rings. The number of ether oxygens (including phenoxy) is 2. The van der Waals surface area contributed by atoms with E-state index in [1.165, 1.54) is 18.2 Å². The number of carbonyl (C=O) groups is 1. The largest absolute Gasteiger partial charge is 0.573 e. The Hall–Kier alpha value is -1.56. The molecule has 1 heterocycles. The van der Waals surface area contributed by atoms with Crippen LogP contribution in [0, 0.1) is 5.92 Å². The number of hydrogen-bond acceptors (Lipinski definition) is 3. The Labute approximate surface area is 108 Å². The van der Waals surface area contributed by atoms with Gasteiger partial charge >= 0.3 is 6.36 Å². The zero-order valence-electron chi connectivity index (χ0n) is 10.2. The molecule has 0 aromatic heterocycles. The van der Waals surface area contributed by atoms with Gasteiger partial charge in [0.2, 0.25) is 0 Å². The Morgan fingerprint density at radius 1 is 1.37 bits per heavy atom. The molecule has 0 N–H and O–H groups in total. The third kappa shape index (κ3) is 3.26. The first-order valence-corrected chi connectivity index (χ1v) is 5.89. The van der Waals surface area contributed by atoms with Crippen molar-refractivity contribution in [2.75, 3.05) is 6.61 Å². The monoisotopic (exact) mass is 274 g/mol. The molecule has 1 aromatic carbocycles. The van der Waals surface area contributed by atoms with Crippen LogP contribution in [0.5, 0.6) is 5.75 Å². The maximum Gasteiger partial charge on any atom is 0.573 e. The van der Waals surface area contributed by atoms with Crippen molar-refractivity contribution in [1.29, 1.82) is 0 Å². The summed E-state index contributed by atoms with van der Waals surface area (Å²) in [6.07, 6.45) is -4.58. The van der Waals surface area contributed by atoms with Crippen LogP contribution in [-0.4, -0.2) is 24.9 Å². The van der Waals surface area contributed by atoms with Gasteiger partial charge in [0.15, 0.2) is 5.78 Å². The van der Waals surface area contributed by atoms with Crippen molar-refractivity contribution in [3.63, 3.8) is 0 Å². The molecule has 1 aromatic rings. The first-order valence-electron chi connectivity index (χ1n) is 5.89. The van der Waals surface area contributed by atoms with Crippen molar-refractivity contribution in [2.24, 2.45) is 5.92 Å². The second-order valence-electron chi connectivity index (χ2n) is 4.38. The summed E-state index contributed by atoms with van der Waals surface area (Å²) in [6.45, 7) is 2.18. The molecular formula is C13H13F3O3. The van der Waals surface area contributed by atoms with Crippen molar-refractivity contribution < 1.29 is 27.4 Å². The van der Waals surface area contributed by atoms with Crippen LogP contribution in [0.25, 0.3) is 0 Å². The molecule has 3 nitrogen and oxygen atoms in total. The lowest BCUT2D eigenvalue weighted by Crippen LogP contribution is -2.24. The van der Waals surface area contributed by atoms with Crippen molar-refractivity contribution in [3.8, 4) is 5.75 Å². The number of benzene rings is 1. The van der Waals surface area contributed by atoms with Gasteiger partial charge in [0.1, 0.15) is 5.75 Å². The zero-order chi connectivity index (χ0) is 14.0. The molecular weight excluding hydrogens is 261 g/mol. The van der Waals surface area contributed by atoms with Gasteiger partial charge in [0.25, 0.3) is 0 Å². The van der Waals surface area contributed by atoms with Crippen molar-refractivity contribution in [2.45, 2.75) is 25.8 Å². The van der Waals surface area contributed by atoms with E-state index in [4.69, 9.17) is 4.74 Å². The van der Waals surface area contributed by atoms with Crippen LogP contribution < -0.4 is 4.74 Å². The van der Waals surface area contributed by atoms with Crippen molar-refractivity contribution >= 4 is 5.78 Å². The summed E-state index contributed by atoms with van der Waals surface area (Å²) in [5.41, 5.74) is -0.0535. The number of ketones is 1. The molecule has 1 saturated heterocycles. The maximum absolute atomic E-state index is 12.3. The first-order chi connectivity index (χ1) is 8.88. The van der Waals surface area contributed by atoms with E-state index in [1.54, 1.807) is 6.92 Å². The number of para-hydroxylation sites is 1. The number of carbonyl (C=O) groups excluding carboxylic acids is 1. The fourth-order valence-electron chi connectivity index (χ4n) is 2.16. The molecule has 0 bridgehead atoms. The Bertz CT molecular complexity index is 470. The molecule has 0 amide bonds. The second kappa shape index (κ2) is 5.21.